The number of benzene rings is 2. The minimum Gasteiger partial charge on any atom is -0.489 e. The number of hydrogen-bond acceptors (Lipinski definition) is 2. The zero-order valence-corrected chi connectivity index (χ0v) is 12.9. The van der Waals surface area contributed by atoms with Crippen molar-refractivity contribution in [1.29, 1.82) is 0 Å². The summed E-state index contributed by atoms with van der Waals surface area (Å²) in [7, 11) is 0. The van der Waals surface area contributed by atoms with Crippen molar-refractivity contribution in [1.82, 2.24) is 0 Å². The Morgan fingerprint density at radius 3 is 2.70 bits per heavy atom. The Bertz CT molecular complexity index is 597. The van der Waals surface area contributed by atoms with Gasteiger partial charge >= 0.3 is 0 Å². The van der Waals surface area contributed by atoms with E-state index in [1.807, 2.05) is 36.4 Å². The van der Waals surface area contributed by atoms with Crippen LogP contribution in [0.15, 0.2) is 53.0 Å². The van der Waals surface area contributed by atoms with Crippen LogP contribution in [-0.2, 0) is 0 Å². The second kappa shape index (κ2) is 5.58. The highest BCUT2D eigenvalue weighted by Gasteiger charge is 2.31. The molecule has 3 heteroatoms. The van der Waals surface area contributed by atoms with Gasteiger partial charge in [-0.3, -0.25) is 0 Å². The normalized spacial score (nSPS) is 22.8. The molecular formula is C17H17BrO2. The molecule has 0 spiro atoms. The van der Waals surface area contributed by atoms with Crippen molar-refractivity contribution >= 4 is 15.9 Å². The molecule has 0 amide bonds. The zero-order valence-electron chi connectivity index (χ0n) is 11.3. The van der Waals surface area contributed by atoms with Gasteiger partial charge in [-0.2, -0.15) is 0 Å². The molecule has 20 heavy (non-hydrogen) atoms. The first-order valence-electron chi connectivity index (χ1n) is 6.84. The van der Waals surface area contributed by atoms with E-state index in [2.05, 4.69) is 35.0 Å². The lowest BCUT2D eigenvalue weighted by Gasteiger charge is -2.33. The molecule has 1 N–H and O–H groups in total. The number of aliphatic hydroxyl groups is 1. The fourth-order valence-electron chi connectivity index (χ4n) is 2.72. The highest BCUT2D eigenvalue weighted by atomic mass is 79.9. The average molecular weight is 333 g/mol. The summed E-state index contributed by atoms with van der Waals surface area (Å²) in [6, 6.07) is 16.1. The van der Waals surface area contributed by atoms with E-state index in [-0.39, 0.29) is 12.0 Å². The van der Waals surface area contributed by atoms with E-state index in [1.54, 1.807) is 0 Å². The van der Waals surface area contributed by atoms with Crippen molar-refractivity contribution in [3.63, 3.8) is 0 Å². The number of rotatable bonds is 2. The van der Waals surface area contributed by atoms with Crippen LogP contribution in [0.5, 0.6) is 5.75 Å². The van der Waals surface area contributed by atoms with Crippen molar-refractivity contribution in [2.75, 3.05) is 0 Å². The molecule has 0 saturated heterocycles. The van der Waals surface area contributed by atoms with Gasteiger partial charge < -0.3 is 9.84 Å². The van der Waals surface area contributed by atoms with Crippen LogP contribution in [0.2, 0.25) is 0 Å². The van der Waals surface area contributed by atoms with Crippen LogP contribution >= 0.6 is 15.9 Å². The topological polar surface area (TPSA) is 29.5 Å². The van der Waals surface area contributed by atoms with Crippen molar-refractivity contribution in [3.05, 3.63) is 64.1 Å². The third kappa shape index (κ3) is 2.60. The Kier molecular flexibility index (Phi) is 3.81. The van der Waals surface area contributed by atoms with Gasteiger partial charge in [0.1, 0.15) is 11.9 Å². The smallest absolute Gasteiger partial charge is 0.125 e. The van der Waals surface area contributed by atoms with Gasteiger partial charge in [-0.1, -0.05) is 53.2 Å². The van der Waals surface area contributed by atoms with Gasteiger partial charge in [0.25, 0.3) is 0 Å². The van der Waals surface area contributed by atoms with Crippen molar-refractivity contribution in [2.45, 2.75) is 31.5 Å². The standard InChI is InChI=1S/C17H17BrO2/c1-11(12-5-3-2-4-6-12)17-10-15(19)14-9-13(18)7-8-16(14)20-17/h2-9,11,15,17,19H,10H2,1H3. The largest absolute Gasteiger partial charge is 0.489 e. The molecule has 0 fully saturated rings. The summed E-state index contributed by atoms with van der Waals surface area (Å²) in [4.78, 5) is 0. The van der Waals surface area contributed by atoms with Crippen LogP contribution in [0.1, 0.15) is 36.5 Å². The maximum Gasteiger partial charge on any atom is 0.125 e. The van der Waals surface area contributed by atoms with Gasteiger partial charge in [0.05, 0.1) is 6.10 Å². The molecule has 0 radical (unpaired) electrons. The molecule has 3 atom stereocenters. The maximum absolute atomic E-state index is 10.4. The molecule has 1 aliphatic heterocycles. The summed E-state index contributed by atoms with van der Waals surface area (Å²) < 4.78 is 7.06. The van der Waals surface area contributed by atoms with E-state index in [1.165, 1.54) is 5.56 Å². The van der Waals surface area contributed by atoms with E-state index in [9.17, 15) is 5.11 Å². The molecular weight excluding hydrogens is 316 g/mol. The van der Waals surface area contributed by atoms with Gasteiger partial charge in [0.15, 0.2) is 0 Å². The molecule has 0 aliphatic carbocycles. The molecule has 2 aromatic carbocycles. The molecule has 1 aliphatic rings. The molecule has 104 valence electrons. The summed E-state index contributed by atoms with van der Waals surface area (Å²) in [5, 5.41) is 10.4. The third-order valence-electron chi connectivity index (χ3n) is 3.95. The predicted octanol–water partition coefficient (Wildman–Crippen LogP) is 4.44. The monoisotopic (exact) mass is 332 g/mol. The Morgan fingerprint density at radius 2 is 1.95 bits per heavy atom. The fourth-order valence-corrected chi connectivity index (χ4v) is 3.10. The van der Waals surface area contributed by atoms with Crippen molar-refractivity contribution in [2.24, 2.45) is 0 Å². The van der Waals surface area contributed by atoms with Crippen molar-refractivity contribution in [3.8, 4) is 5.75 Å². The van der Waals surface area contributed by atoms with Crippen LogP contribution in [0.3, 0.4) is 0 Å². The SMILES string of the molecule is CC(c1ccccc1)C1CC(O)c2cc(Br)ccc2O1. The molecule has 2 nitrogen and oxygen atoms in total. The highest BCUT2D eigenvalue weighted by molar-refractivity contribution is 9.10. The van der Waals surface area contributed by atoms with Crippen molar-refractivity contribution < 1.29 is 9.84 Å². The molecule has 0 aromatic heterocycles. The summed E-state index contributed by atoms with van der Waals surface area (Å²) in [6.07, 6.45) is 0.160. The Balaban J connectivity index is 1.86. The number of fused-ring (bicyclic) bond motifs is 1. The molecule has 0 bridgehead atoms. The van der Waals surface area contributed by atoms with E-state index >= 15 is 0 Å². The average Bonchev–Trinajstić information content (AvgIpc) is 2.48. The summed E-state index contributed by atoms with van der Waals surface area (Å²) in [6.45, 7) is 2.15. The summed E-state index contributed by atoms with van der Waals surface area (Å²) in [5.41, 5.74) is 2.11. The minimum atomic E-state index is -0.465. The lowest BCUT2D eigenvalue weighted by atomic mass is 9.88. The quantitative estimate of drug-likeness (QED) is 0.881. The lowest BCUT2D eigenvalue weighted by Crippen LogP contribution is -2.30. The van der Waals surface area contributed by atoms with E-state index in [0.29, 0.717) is 6.42 Å². The van der Waals surface area contributed by atoms with Gasteiger partial charge in [0, 0.05) is 22.4 Å². The number of hydrogen-bond donors (Lipinski definition) is 1. The van der Waals surface area contributed by atoms with Gasteiger partial charge in [-0.15, -0.1) is 0 Å². The van der Waals surface area contributed by atoms with E-state index < -0.39 is 6.10 Å². The third-order valence-corrected chi connectivity index (χ3v) is 4.44. The Labute approximate surface area is 127 Å². The lowest BCUT2D eigenvalue weighted by molar-refractivity contribution is 0.0546. The highest BCUT2D eigenvalue weighted by Crippen LogP contribution is 2.40. The molecule has 3 unspecified atom stereocenters. The first-order valence-corrected chi connectivity index (χ1v) is 7.63. The van der Waals surface area contributed by atoms with E-state index in [0.717, 1.165) is 15.8 Å². The maximum atomic E-state index is 10.4. The van der Waals surface area contributed by atoms with Crippen LogP contribution in [0.25, 0.3) is 0 Å². The first-order chi connectivity index (χ1) is 9.65. The van der Waals surface area contributed by atoms with Gasteiger partial charge in [0.2, 0.25) is 0 Å². The second-order valence-electron chi connectivity index (χ2n) is 5.29. The molecule has 0 saturated carbocycles. The molecule has 3 rings (SSSR count). The van der Waals surface area contributed by atoms with Crippen LogP contribution in [-0.4, -0.2) is 11.2 Å². The Morgan fingerprint density at radius 1 is 1.20 bits per heavy atom. The summed E-state index contributed by atoms with van der Waals surface area (Å²) in [5.74, 6) is 1.04. The molecule has 1 heterocycles. The number of ether oxygens (including phenoxy) is 1. The van der Waals surface area contributed by atoms with Crippen LogP contribution < -0.4 is 4.74 Å². The van der Waals surface area contributed by atoms with Crippen LogP contribution in [0, 0.1) is 0 Å². The first kappa shape index (κ1) is 13.7. The number of halogens is 1. The second-order valence-corrected chi connectivity index (χ2v) is 6.20. The van der Waals surface area contributed by atoms with Gasteiger partial charge in [-0.25, -0.2) is 0 Å². The molecule has 2 aromatic rings. The van der Waals surface area contributed by atoms with Crippen LogP contribution in [0.4, 0.5) is 0 Å². The minimum absolute atomic E-state index is 0.000996. The number of aliphatic hydroxyl groups excluding tert-OH is 1. The summed E-state index contributed by atoms with van der Waals surface area (Å²) >= 11 is 3.43. The predicted molar refractivity (Wildman–Crippen MR) is 83.0 cm³/mol. The van der Waals surface area contributed by atoms with E-state index in [4.69, 9.17) is 4.74 Å². The zero-order chi connectivity index (χ0) is 14.1. The fraction of sp³-hybridized carbons (Fsp3) is 0.294. The van der Waals surface area contributed by atoms with Gasteiger partial charge in [-0.05, 0) is 23.8 Å². The Hall–Kier alpha value is -1.32.